The summed E-state index contributed by atoms with van der Waals surface area (Å²) in [6.07, 6.45) is 11.5. The molecule has 0 spiro atoms. The number of benzene rings is 2. The molecule has 1 heterocycles. The second kappa shape index (κ2) is 26.7. The Labute approximate surface area is 377 Å². The molecule has 2 atom stereocenters. The normalized spacial score (nSPS) is 14.2. The van der Waals surface area contributed by atoms with Crippen molar-refractivity contribution in [1.82, 2.24) is 25.5 Å². The van der Waals surface area contributed by atoms with Crippen molar-refractivity contribution in [2.45, 2.75) is 129 Å². The van der Waals surface area contributed by atoms with Crippen LogP contribution in [0.4, 0.5) is 0 Å². The summed E-state index contributed by atoms with van der Waals surface area (Å²) >= 11 is 6.59. The van der Waals surface area contributed by atoms with Gasteiger partial charge in [0, 0.05) is 45.6 Å². The number of carbonyl (C=O) groups is 5. The molecule has 1 aliphatic rings. The monoisotopic (exact) mass is 893 g/mol. The Bertz CT molecular complexity index is 1930. The molecule has 0 saturated heterocycles. The summed E-state index contributed by atoms with van der Waals surface area (Å²) in [7, 11) is 1.56. The molecule has 2 aromatic carbocycles. The molecule has 3 aromatic rings. The summed E-state index contributed by atoms with van der Waals surface area (Å²) in [5.74, 6) is -2.39. The van der Waals surface area contributed by atoms with Crippen LogP contribution in [0.15, 0.2) is 48.5 Å². The topological polar surface area (TPSA) is 198 Å². The molecule has 1 aliphatic carbocycles. The number of methoxy groups -OCH3 is 1. The van der Waals surface area contributed by atoms with E-state index in [1.807, 2.05) is 41.8 Å². The zero-order valence-electron chi connectivity index (χ0n) is 37.4. The zero-order valence-corrected chi connectivity index (χ0v) is 38.1. The van der Waals surface area contributed by atoms with Crippen LogP contribution in [0, 0.1) is 11.3 Å². The summed E-state index contributed by atoms with van der Waals surface area (Å²) < 4.78 is 12.4. The number of carboxylic acid groups (broad SMARTS) is 2. The zero-order chi connectivity index (χ0) is 45.6. The number of imidazole rings is 1. The number of nitrogens with one attached hydrogen (secondary N) is 3. The van der Waals surface area contributed by atoms with Gasteiger partial charge in [0.1, 0.15) is 11.5 Å². The summed E-state index contributed by atoms with van der Waals surface area (Å²) in [4.78, 5) is 68.1. The van der Waals surface area contributed by atoms with E-state index in [2.05, 4.69) is 27.9 Å². The van der Waals surface area contributed by atoms with Crippen molar-refractivity contribution in [2.75, 3.05) is 40.0 Å². The predicted molar refractivity (Wildman–Crippen MR) is 243 cm³/mol. The maximum atomic E-state index is 13.6. The molecule has 1 aromatic heterocycles. The summed E-state index contributed by atoms with van der Waals surface area (Å²) in [5, 5.41) is 28.9. The maximum absolute atomic E-state index is 13.6. The lowest BCUT2D eigenvalue weighted by Gasteiger charge is -2.32. The summed E-state index contributed by atoms with van der Waals surface area (Å²) in [5.41, 5.74) is 2.17. The molecule has 0 radical (unpaired) electrons. The minimum atomic E-state index is -0.986. The van der Waals surface area contributed by atoms with Crippen LogP contribution >= 0.6 is 11.6 Å². The van der Waals surface area contributed by atoms with Gasteiger partial charge in [-0.05, 0) is 80.5 Å². The highest BCUT2D eigenvalue weighted by molar-refractivity contribution is 6.32. The lowest BCUT2D eigenvalue weighted by molar-refractivity contribution is -0.147. The Morgan fingerprint density at radius 2 is 1.59 bits per heavy atom. The first-order valence-corrected chi connectivity index (χ1v) is 23.1. The number of nitrogens with zero attached hydrogens (tertiary/aromatic N) is 2. The number of amides is 3. The molecule has 346 valence electrons. The number of rotatable bonds is 30. The number of aryl methyl sites for hydroxylation is 1. The van der Waals surface area contributed by atoms with Crippen LogP contribution in [-0.2, 0) is 36.8 Å². The fourth-order valence-corrected chi connectivity index (χ4v) is 8.62. The van der Waals surface area contributed by atoms with E-state index in [0.717, 1.165) is 68.3 Å². The second-order valence-corrected chi connectivity index (χ2v) is 17.0. The van der Waals surface area contributed by atoms with E-state index < -0.39 is 23.3 Å². The van der Waals surface area contributed by atoms with Gasteiger partial charge >= 0.3 is 11.9 Å². The molecule has 63 heavy (non-hydrogen) atoms. The van der Waals surface area contributed by atoms with Crippen LogP contribution in [0.5, 0.6) is 0 Å². The Kier molecular flexibility index (Phi) is 21.6. The first-order chi connectivity index (χ1) is 30.4. The van der Waals surface area contributed by atoms with Crippen molar-refractivity contribution in [3.8, 4) is 11.1 Å². The Hall–Kier alpha value is -4.79. The van der Waals surface area contributed by atoms with Gasteiger partial charge in [-0.3, -0.25) is 19.2 Å². The number of carboxylic acids is 2. The minimum absolute atomic E-state index is 0.0280. The molecule has 1 saturated carbocycles. The van der Waals surface area contributed by atoms with Crippen molar-refractivity contribution >= 4 is 41.3 Å². The Balaban J connectivity index is 1.16. The molecule has 4 rings (SSSR count). The largest absolute Gasteiger partial charge is 0.481 e. The van der Waals surface area contributed by atoms with E-state index in [0.29, 0.717) is 89.1 Å². The van der Waals surface area contributed by atoms with Crippen molar-refractivity contribution in [3.63, 3.8) is 0 Å². The molecule has 15 heteroatoms. The standard InChI is InChI=1S/C48H68ClN5O9/c1-4-6-19-40-53-43(49)42(54(40)32-34-21-23-35(24-22-34)38-17-9-10-18-39(38)46(59)60)44(56)51-28-14-8-7-13-27-50-41(55)20-15-16-37(5-2)52-47(61)48(25-11-12-26-48)31-36(45(57)58)33-63-30-29-62-3/h9-10,17-18,21-24,36-37H,4-8,11-16,19-20,25-33H2,1-3H3,(H,50,55)(H,51,56)(H,52,61)(H,57,58)(H,59,60). The number of ether oxygens (including phenoxy) is 2. The smallest absolute Gasteiger partial charge is 0.336 e. The minimum Gasteiger partial charge on any atom is -0.481 e. The SMILES string of the molecule is CCCCc1nc(Cl)c(C(=O)NCCCCCCNC(=O)CCCC(CC)NC(=O)C2(CC(COCCOC)C(=O)O)CCCC2)n1Cc1ccc(-c2ccccc2C(=O)O)cc1. The van der Waals surface area contributed by atoms with Crippen molar-refractivity contribution in [3.05, 3.63) is 76.3 Å². The quantitative estimate of drug-likeness (QED) is 0.0408. The third-order valence-electron chi connectivity index (χ3n) is 12.0. The van der Waals surface area contributed by atoms with Gasteiger partial charge < -0.3 is 40.2 Å². The van der Waals surface area contributed by atoms with Gasteiger partial charge in [-0.25, -0.2) is 9.78 Å². The van der Waals surface area contributed by atoms with E-state index >= 15 is 0 Å². The molecular formula is C48H68ClN5O9. The van der Waals surface area contributed by atoms with Crippen LogP contribution in [-0.4, -0.2) is 95.5 Å². The van der Waals surface area contributed by atoms with Crippen LogP contribution in [0.25, 0.3) is 11.1 Å². The highest BCUT2D eigenvalue weighted by atomic mass is 35.5. The molecular weight excluding hydrogens is 826 g/mol. The van der Waals surface area contributed by atoms with Crippen LogP contribution < -0.4 is 16.0 Å². The highest BCUT2D eigenvalue weighted by Gasteiger charge is 2.44. The first kappa shape index (κ1) is 50.9. The molecule has 0 bridgehead atoms. The summed E-state index contributed by atoms with van der Waals surface area (Å²) in [6.45, 7) is 6.23. The molecule has 14 nitrogen and oxygen atoms in total. The third kappa shape index (κ3) is 15.8. The van der Waals surface area contributed by atoms with E-state index in [4.69, 9.17) is 21.1 Å². The van der Waals surface area contributed by atoms with Gasteiger partial charge in [0.05, 0.1) is 36.7 Å². The number of hydrogen-bond donors (Lipinski definition) is 5. The molecule has 0 aliphatic heterocycles. The molecule has 3 amide bonds. The van der Waals surface area contributed by atoms with E-state index in [9.17, 15) is 34.2 Å². The van der Waals surface area contributed by atoms with Gasteiger partial charge in [0.25, 0.3) is 5.91 Å². The average molecular weight is 895 g/mol. The number of carbonyl (C=O) groups excluding carboxylic acids is 3. The first-order valence-electron chi connectivity index (χ1n) is 22.7. The van der Waals surface area contributed by atoms with Gasteiger partial charge in [-0.2, -0.15) is 0 Å². The molecule has 5 N–H and O–H groups in total. The number of halogens is 1. The number of aromatic carboxylic acids is 1. The fraction of sp³-hybridized carbons (Fsp3) is 0.583. The van der Waals surface area contributed by atoms with Crippen LogP contribution in [0.1, 0.15) is 142 Å². The lowest BCUT2D eigenvalue weighted by Crippen LogP contribution is -2.46. The van der Waals surface area contributed by atoms with Gasteiger partial charge in [0.2, 0.25) is 11.8 Å². The number of aromatic nitrogens is 2. The van der Waals surface area contributed by atoms with Crippen molar-refractivity contribution in [1.29, 1.82) is 0 Å². The summed E-state index contributed by atoms with van der Waals surface area (Å²) in [6, 6.07) is 14.4. The average Bonchev–Trinajstić information content (AvgIpc) is 3.88. The second-order valence-electron chi connectivity index (χ2n) is 16.7. The van der Waals surface area contributed by atoms with E-state index in [1.54, 1.807) is 25.3 Å². The van der Waals surface area contributed by atoms with Crippen molar-refractivity contribution in [2.24, 2.45) is 11.3 Å². The van der Waals surface area contributed by atoms with Crippen LogP contribution in [0.3, 0.4) is 0 Å². The predicted octanol–water partition coefficient (Wildman–Crippen LogP) is 8.08. The fourth-order valence-electron chi connectivity index (χ4n) is 8.34. The lowest BCUT2D eigenvalue weighted by atomic mass is 9.76. The highest BCUT2D eigenvalue weighted by Crippen LogP contribution is 2.44. The number of hydrogen-bond acceptors (Lipinski definition) is 8. The Morgan fingerprint density at radius 3 is 2.24 bits per heavy atom. The van der Waals surface area contributed by atoms with E-state index in [-0.39, 0.29) is 47.5 Å². The molecule has 2 unspecified atom stereocenters. The maximum Gasteiger partial charge on any atom is 0.336 e. The van der Waals surface area contributed by atoms with Gasteiger partial charge in [-0.15, -0.1) is 0 Å². The van der Waals surface area contributed by atoms with E-state index in [1.165, 1.54) is 0 Å². The van der Waals surface area contributed by atoms with Crippen molar-refractivity contribution < 1.29 is 43.7 Å². The van der Waals surface area contributed by atoms with Gasteiger partial charge in [0.15, 0.2) is 5.15 Å². The van der Waals surface area contributed by atoms with Crippen LogP contribution in [0.2, 0.25) is 5.15 Å². The third-order valence-corrected chi connectivity index (χ3v) is 12.3. The number of unbranched alkanes of at least 4 members (excludes halogenated alkanes) is 4. The molecule has 1 fully saturated rings. The Morgan fingerprint density at radius 1 is 0.889 bits per heavy atom. The van der Waals surface area contributed by atoms with Gasteiger partial charge in [-0.1, -0.05) is 100 Å². The number of aliphatic carboxylic acids is 1.